The van der Waals surface area contributed by atoms with Crippen LogP contribution in [0.5, 0.6) is 5.75 Å². The first kappa shape index (κ1) is 29.3. The van der Waals surface area contributed by atoms with Crippen LogP contribution < -0.4 is 9.64 Å². The Balaban J connectivity index is 1.28. The number of nitrogens with zero attached hydrogens (tertiary/aromatic N) is 7. The molecule has 44 heavy (non-hydrogen) atoms. The number of rotatable bonds is 4. The minimum Gasteiger partial charge on any atom is -0.492 e. The van der Waals surface area contributed by atoms with Crippen molar-refractivity contribution in [2.24, 2.45) is 12.5 Å². The number of amides is 2. The van der Waals surface area contributed by atoms with Crippen LogP contribution in [0.3, 0.4) is 0 Å². The van der Waals surface area contributed by atoms with Gasteiger partial charge in [-0.15, -0.1) is 0 Å². The maximum absolute atomic E-state index is 14.2. The molecule has 4 heterocycles. The van der Waals surface area contributed by atoms with Crippen LogP contribution in [0.15, 0.2) is 85.5 Å². The normalized spacial score (nSPS) is 17.7. The van der Waals surface area contributed by atoms with Gasteiger partial charge >= 0.3 is 0 Å². The summed E-state index contributed by atoms with van der Waals surface area (Å²) in [6, 6.07) is 19.4. The predicted molar refractivity (Wildman–Crippen MR) is 167 cm³/mol. The largest absolute Gasteiger partial charge is 0.492 e. The number of hydrogen-bond acceptors (Lipinski definition) is 7. The van der Waals surface area contributed by atoms with Crippen molar-refractivity contribution in [3.8, 4) is 5.75 Å². The average molecular weight is 594 g/mol. The highest BCUT2D eigenvalue weighted by atomic mass is 16.5. The Hall–Kier alpha value is -4.73. The van der Waals surface area contributed by atoms with E-state index in [1.54, 1.807) is 42.6 Å². The van der Waals surface area contributed by atoms with E-state index >= 15 is 0 Å². The molecule has 2 aliphatic rings. The van der Waals surface area contributed by atoms with Crippen molar-refractivity contribution in [1.29, 1.82) is 0 Å². The highest BCUT2D eigenvalue weighted by molar-refractivity contribution is 5.97. The van der Waals surface area contributed by atoms with Gasteiger partial charge in [0.25, 0.3) is 11.8 Å². The second kappa shape index (κ2) is 13.3. The molecule has 228 valence electrons. The molecular weight excluding hydrogens is 554 g/mol. The lowest BCUT2D eigenvalue weighted by Crippen LogP contribution is -2.46. The van der Waals surface area contributed by atoms with E-state index in [4.69, 9.17) is 4.74 Å². The lowest BCUT2D eigenvalue weighted by Gasteiger charge is -2.42. The van der Waals surface area contributed by atoms with Crippen molar-refractivity contribution >= 4 is 17.6 Å². The van der Waals surface area contributed by atoms with E-state index in [-0.39, 0.29) is 17.2 Å². The number of anilines is 1. The number of hydrogen-bond donors (Lipinski definition) is 0. The topological polar surface area (TPSA) is 96.7 Å². The molecule has 0 radical (unpaired) electrons. The summed E-state index contributed by atoms with van der Waals surface area (Å²) in [4.78, 5) is 42.4. The van der Waals surface area contributed by atoms with Crippen LogP contribution in [0.4, 0.5) is 5.82 Å². The molecule has 4 aromatic rings. The quantitative estimate of drug-likeness (QED) is 0.345. The molecule has 1 saturated heterocycles. The van der Waals surface area contributed by atoms with E-state index in [0.29, 0.717) is 56.3 Å². The number of ether oxygens (including phenoxy) is 1. The number of carbonyl (C=O) groups excluding carboxylic acids is 2. The standard InChI is InChI=1S/C34H39N7O3/c1-38-29(12-16-37-38)33(43)40-20-14-34(15-21-40)13-7-19-39(31-24-35-17-18-36-31)22-23-41(25-27-8-3-2-4-9-27)32(42)28-10-5-6-11-30(28)44-26-34/h2-6,8-12,16-18,24H,7,13-15,19-23,25-26H2,1H3. The molecule has 1 fully saturated rings. The van der Waals surface area contributed by atoms with E-state index in [9.17, 15) is 9.59 Å². The minimum atomic E-state index is -0.134. The second-order valence-electron chi connectivity index (χ2n) is 11.8. The Morgan fingerprint density at radius 1 is 0.886 bits per heavy atom. The van der Waals surface area contributed by atoms with Gasteiger partial charge in [0.15, 0.2) is 0 Å². The lowest BCUT2D eigenvalue weighted by molar-refractivity contribution is 0.0357. The number of benzene rings is 2. The summed E-state index contributed by atoms with van der Waals surface area (Å²) in [5, 5.41) is 4.17. The maximum atomic E-state index is 14.2. The molecule has 0 unspecified atom stereocenters. The summed E-state index contributed by atoms with van der Waals surface area (Å²) in [7, 11) is 1.80. The summed E-state index contributed by atoms with van der Waals surface area (Å²) in [6.45, 7) is 4.19. The average Bonchev–Trinajstić information content (AvgIpc) is 3.51. The highest BCUT2D eigenvalue weighted by Crippen LogP contribution is 2.38. The summed E-state index contributed by atoms with van der Waals surface area (Å²) in [6.07, 6.45) is 10.3. The number of piperidine rings is 1. The minimum absolute atomic E-state index is 0.00804. The van der Waals surface area contributed by atoms with Crippen molar-refractivity contribution in [3.63, 3.8) is 0 Å². The molecular formula is C34H39N7O3. The van der Waals surface area contributed by atoms with Crippen LogP contribution in [0.25, 0.3) is 0 Å². The number of aryl methyl sites for hydroxylation is 1. The molecule has 2 aromatic heterocycles. The molecule has 0 bridgehead atoms. The van der Waals surface area contributed by atoms with Crippen LogP contribution in [0.2, 0.25) is 0 Å². The van der Waals surface area contributed by atoms with Gasteiger partial charge in [-0.1, -0.05) is 42.5 Å². The number of likely N-dealkylation sites (tertiary alicyclic amines) is 1. The third-order valence-corrected chi connectivity index (χ3v) is 8.95. The second-order valence-corrected chi connectivity index (χ2v) is 11.8. The third-order valence-electron chi connectivity index (χ3n) is 8.95. The van der Waals surface area contributed by atoms with Crippen LogP contribution >= 0.6 is 0 Å². The SMILES string of the molecule is Cn1nccc1C(=O)N1CCC2(CCCN(c3cnccn3)CCN(Cc3ccccc3)C(=O)c3ccccc3OC2)CC1. The van der Waals surface area contributed by atoms with Gasteiger partial charge in [0.2, 0.25) is 0 Å². The zero-order valence-corrected chi connectivity index (χ0v) is 25.2. The molecule has 10 nitrogen and oxygen atoms in total. The summed E-state index contributed by atoms with van der Waals surface area (Å²) >= 11 is 0. The van der Waals surface area contributed by atoms with Gasteiger partial charge in [0.1, 0.15) is 17.3 Å². The fourth-order valence-electron chi connectivity index (χ4n) is 6.30. The van der Waals surface area contributed by atoms with Gasteiger partial charge in [0.05, 0.1) is 18.4 Å². The van der Waals surface area contributed by atoms with Gasteiger partial charge in [-0.05, 0) is 49.4 Å². The smallest absolute Gasteiger partial charge is 0.272 e. The van der Waals surface area contributed by atoms with Gasteiger partial charge < -0.3 is 19.4 Å². The van der Waals surface area contributed by atoms with E-state index in [1.807, 2.05) is 64.4 Å². The van der Waals surface area contributed by atoms with Crippen molar-refractivity contribution in [3.05, 3.63) is 102 Å². The van der Waals surface area contributed by atoms with Gasteiger partial charge in [0, 0.05) is 70.3 Å². The van der Waals surface area contributed by atoms with Crippen molar-refractivity contribution in [1.82, 2.24) is 29.5 Å². The summed E-state index contributed by atoms with van der Waals surface area (Å²) in [5.74, 6) is 1.35. The van der Waals surface area contributed by atoms with E-state index in [2.05, 4.69) is 20.0 Å². The maximum Gasteiger partial charge on any atom is 0.272 e. The molecule has 0 saturated carbocycles. The van der Waals surface area contributed by atoms with E-state index in [1.165, 1.54) is 0 Å². The first-order valence-electron chi connectivity index (χ1n) is 15.3. The van der Waals surface area contributed by atoms with Gasteiger partial charge in [-0.25, -0.2) is 4.98 Å². The fraction of sp³-hybridized carbons (Fsp3) is 0.382. The van der Waals surface area contributed by atoms with Crippen molar-refractivity contribution in [2.45, 2.75) is 32.2 Å². The van der Waals surface area contributed by atoms with E-state index < -0.39 is 0 Å². The zero-order chi connectivity index (χ0) is 30.4. The van der Waals surface area contributed by atoms with E-state index in [0.717, 1.165) is 43.6 Å². The van der Waals surface area contributed by atoms with Crippen molar-refractivity contribution < 1.29 is 14.3 Å². The Morgan fingerprint density at radius 2 is 1.68 bits per heavy atom. The molecule has 0 atom stereocenters. The predicted octanol–water partition coefficient (Wildman–Crippen LogP) is 4.45. The number of carbonyl (C=O) groups is 2. The van der Waals surface area contributed by atoms with Crippen LogP contribution in [-0.2, 0) is 13.6 Å². The number of aromatic nitrogens is 4. The molecule has 2 aliphatic heterocycles. The summed E-state index contributed by atoms with van der Waals surface area (Å²) in [5.41, 5.74) is 2.10. The molecule has 0 aliphatic carbocycles. The third kappa shape index (κ3) is 6.59. The molecule has 6 rings (SSSR count). The zero-order valence-electron chi connectivity index (χ0n) is 25.2. The lowest BCUT2D eigenvalue weighted by atomic mass is 9.75. The monoisotopic (exact) mass is 593 g/mol. The molecule has 2 aromatic carbocycles. The Kier molecular flexibility index (Phi) is 8.86. The number of para-hydroxylation sites is 1. The fourth-order valence-corrected chi connectivity index (χ4v) is 6.30. The Bertz CT molecular complexity index is 1550. The number of fused-ring (bicyclic) bond motifs is 1. The van der Waals surface area contributed by atoms with Crippen molar-refractivity contribution in [2.75, 3.05) is 44.2 Å². The van der Waals surface area contributed by atoms with Crippen LogP contribution in [0.1, 0.15) is 52.1 Å². The Morgan fingerprint density at radius 3 is 2.43 bits per heavy atom. The first-order chi connectivity index (χ1) is 21.5. The molecule has 2 amide bonds. The summed E-state index contributed by atoms with van der Waals surface area (Å²) < 4.78 is 8.19. The van der Waals surface area contributed by atoms with Crippen LogP contribution in [-0.4, -0.2) is 80.7 Å². The molecule has 10 heteroatoms. The van der Waals surface area contributed by atoms with Crippen LogP contribution in [0, 0.1) is 5.41 Å². The first-order valence-corrected chi connectivity index (χ1v) is 15.3. The van der Waals surface area contributed by atoms with Gasteiger partial charge in [-0.3, -0.25) is 19.3 Å². The Labute approximate surface area is 258 Å². The molecule has 0 N–H and O–H groups in total. The van der Waals surface area contributed by atoms with Gasteiger partial charge in [-0.2, -0.15) is 5.10 Å². The molecule has 1 spiro atoms. The highest BCUT2D eigenvalue weighted by Gasteiger charge is 2.38.